The van der Waals surface area contributed by atoms with Crippen molar-refractivity contribution in [1.82, 2.24) is 9.91 Å². The van der Waals surface area contributed by atoms with E-state index in [1.807, 2.05) is 48.5 Å². The van der Waals surface area contributed by atoms with Gasteiger partial charge >= 0.3 is 0 Å². The van der Waals surface area contributed by atoms with Crippen molar-refractivity contribution in [2.45, 2.75) is 19.4 Å². The molecule has 2 aromatic rings. The van der Waals surface area contributed by atoms with Crippen LogP contribution in [0.5, 0.6) is 11.5 Å². The molecule has 1 heterocycles. The van der Waals surface area contributed by atoms with Crippen LogP contribution in [-0.4, -0.2) is 68.5 Å². The Balaban J connectivity index is 1.90. The van der Waals surface area contributed by atoms with Crippen LogP contribution in [0.25, 0.3) is 0 Å². The summed E-state index contributed by atoms with van der Waals surface area (Å²) in [6.07, 6.45) is 0.545. The van der Waals surface area contributed by atoms with E-state index >= 15 is 0 Å². The van der Waals surface area contributed by atoms with Gasteiger partial charge in [-0.25, -0.2) is 5.01 Å². The minimum absolute atomic E-state index is 0.0692. The fraction of sp³-hybridized carbons (Fsp3) is 0.375. The van der Waals surface area contributed by atoms with E-state index in [0.29, 0.717) is 19.6 Å². The molecule has 2 aromatic carbocycles. The molecule has 0 radical (unpaired) electrons. The van der Waals surface area contributed by atoms with E-state index < -0.39 is 0 Å². The molecule has 0 bridgehead atoms. The largest absolute Gasteiger partial charge is 0.497 e. The zero-order chi connectivity index (χ0) is 23.1. The number of hydrogen-bond acceptors (Lipinski definition) is 6. The summed E-state index contributed by atoms with van der Waals surface area (Å²) in [6.45, 7) is 2.07. The van der Waals surface area contributed by atoms with Gasteiger partial charge in [0.2, 0.25) is 5.91 Å². The second kappa shape index (κ2) is 10.8. The fourth-order valence-electron chi connectivity index (χ4n) is 3.59. The fourth-order valence-corrected chi connectivity index (χ4v) is 3.59. The molecule has 0 aromatic heterocycles. The van der Waals surface area contributed by atoms with Gasteiger partial charge in [0.15, 0.2) is 0 Å². The summed E-state index contributed by atoms with van der Waals surface area (Å²) in [4.78, 5) is 26.7. The van der Waals surface area contributed by atoms with Crippen molar-refractivity contribution >= 4 is 17.5 Å². The molecule has 8 heteroatoms. The lowest BCUT2D eigenvalue weighted by molar-refractivity contribution is -0.141. The van der Waals surface area contributed by atoms with Crippen molar-refractivity contribution in [3.05, 3.63) is 59.7 Å². The number of nitrogens with zero attached hydrogens (tertiary/aromatic N) is 3. The molecule has 3 rings (SSSR count). The van der Waals surface area contributed by atoms with E-state index in [0.717, 1.165) is 28.3 Å². The highest BCUT2D eigenvalue weighted by Crippen LogP contribution is 2.34. The lowest BCUT2D eigenvalue weighted by atomic mass is 9.98. The van der Waals surface area contributed by atoms with E-state index in [9.17, 15) is 9.59 Å². The maximum atomic E-state index is 13.3. The van der Waals surface area contributed by atoms with Crippen LogP contribution in [0.3, 0.4) is 0 Å². The molecule has 32 heavy (non-hydrogen) atoms. The lowest BCUT2D eigenvalue weighted by Crippen LogP contribution is -2.41. The van der Waals surface area contributed by atoms with E-state index in [1.54, 1.807) is 21.3 Å². The van der Waals surface area contributed by atoms with Crippen LogP contribution in [0.1, 0.15) is 30.5 Å². The molecule has 2 amide bonds. The molecule has 1 atom stereocenters. The van der Waals surface area contributed by atoms with Crippen LogP contribution in [-0.2, 0) is 14.3 Å². The van der Waals surface area contributed by atoms with Gasteiger partial charge in [-0.15, -0.1) is 0 Å². The Hall–Kier alpha value is -3.39. The normalized spacial score (nSPS) is 15.3. The summed E-state index contributed by atoms with van der Waals surface area (Å²) in [5.41, 5.74) is 2.61. The molecule has 0 unspecified atom stereocenters. The molecule has 0 saturated carbocycles. The Morgan fingerprint density at radius 1 is 1.06 bits per heavy atom. The first kappa shape index (κ1) is 23.3. The predicted octanol–water partition coefficient (Wildman–Crippen LogP) is 2.88. The van der Waals surface area contributed by atoms with Crippen LogP contribution in [0.4, 0.5) is 0 Å². The zero-order valence-corrected chi connectivity index (χ0v) is 18.9. The number of methoxy groups -OCH3 is 3. The summed E-state index contributed by atoms with van der Waals surface area (Å²) in [6, 6.07) is 14.9. The monoisotopic (exact) mass is 439 g/mol. The van der Waals surface area contributed by atoms with Gasteiger partial charge in [0.25, 0.3) is 5.91 Å². The third kappa shape index (κ3) is 5.45. The predicted molar refractivity (Wildman–Crippen MR) is 121 cm³/mol. The van der Waals surface area contributed by atoms with Gasteiger partial charge in [-0.05, 0) is 29.8 Å². The maximum Gasteiger partial charge on any atom is 0.262 e. The second-order valence-corrected chi connectivity index (χ2v) is 7.44. The summed E-state index contributed by atoms with van der Waals surface area (Å²) in [7, 11) is 4.79. The Labute approximate surface area is 188 Å². The minimum atomic E-state index is -0.286. The summed E-state index contributed by atoms with van der Waals surface area (Å²) < 4.78 is 15.7. The molecule has 1 aliphatic heterocycles. The minimum Gasteiger partial charge on any atom is -0.497 e. The molecule has 0 saturated heterocycles. The van der Waals surface area contributed by atoms with Crippen molar-refractivity contribution in [3.63, 3.8) is 0 Å². The third-order valence-corrected chi connectivity index (χ3v) is 5.41. The molecule has 0 N–H and O–H groups in total. The summed E-state index contributed by atoms with van der Waals surface area (Å²) in [5.74, 6) is 1.02. The van der Waals surface area contributed by atoms with Crippen LogP contribution in [0.15, 0.2) is 53.6 Å². The maximum absolute atomic E-state index is 13.3. The van der Waals surface area contributed by atoms with Crippen molar-refractivity contribution in [2.75, 3.05) is 41.0 Å². The first-order chi connectivity index (χ1) is 15.5. The number of carbonyl (C=O) groups is 2. The highest BCUT2D eigenvalue weighted by atomic mass is 16.5. The van der Waals surface area contributed by atoms with E-state index in [-0.39, 0.29) is 24.4 Å². The van der Waals surface area contributed by atoms with Crippen molar-refractivity contribution in [2.24, 2.45) is 5.10 Å². The molecule has 0 fully saturated rings. The Morgan fingerprint density at radius 3 is 2.41 bits per heavy atom. The number of benzene rings is 2. The second-order valence-electron chi connectivity index (χ2n) is 7.44. The van der Waals surface area contributed by atoms with Crippen LogP contribution in [0.2, 0.25) is 0 Å². The molecule has 0 spiro atoms. The molecule has 1 aliphatic rings. The van der Waals surface area contributed by atoms with Gasteiger partial charge in [-0.2, -0.15) is 5.10 Å². The smallest absolute Gasteiger partial charge is 0.262 e. The number of hydrazone groups is 1. The quantitative estimate of drug-likeness (QED) is 0.600. The Morgan fingerprint density at radius 2 is 1.78 bits per heavy atom. The number of ether oxygens (including phenoxy) is 3. The van der Waals surface area contributed by atoms with Crippen LogP contribution < -0.4 is 9.47 Å². The summed E-state index contributed by atoms with van der Waals surface area (Å²) in [5, 5.41) is 6.16. The van der Waals surface area contributed by atoms with E-state index in [4.69, 9.17) is 14.2 Å². The van der Waals surface area contributed by atoms with Gasteiger partial charge in [-0.3, -0.25) is 9.59 Å². The van der Waals surface area contributed by atoms with Crippen molar-refractivity contribution in [1.29, 1.82) is 0 Å². The van der Waals surface area contributed by atoms with Crippen molar-refractivity contribution < 1.29 is 23.8 Å². The standard InChI is InChI=1S/C24H29N3O5/c1-17(28)26(12-13-30-2)16-24(29)27-23(18-8-10-20(31-3)11-9-18)15-22(25-27)19-6-5-7-21(14-19)32-4/h5-11,14,23H,12-13,15-16H2,1-4H3/t23-/m0/s1. The molecule has 0 aliphatic carbocycles. The average molecular weight is 440 g/mol. The number of amides is 2. The van der Waals surface area contributed by atoms with E-state index in [2.05, 4.69) is 5.10 Å². The number of hydrogen-bond donors (Lipinski definition) is 0. The summed E-state index contributed by atoms with van der Waals surface area (Å²) >= 11 is 0. The van der Waals surface area contributed by atoms with Gasteiger partial charge < -0.3 is 19.1 Å². The molecular formula is C24H29N3O5. The van der Waals surface area contributed by atoms with Crippen LogP contribution in [0, 0.1) is 0 Å². The number of rotatable bonds is 9. The lowest BCUT2D eigenvalue weighted by Gasteiger charge is -2.26. The van der Waals surface area contributed by atoms with Crippen LogP contribution >= 0.6 is 0 Å². The number of carbonyl (C=O) groups excluding carboxylic acids is 2. The molecule has 170 valence electrons. The molecule has 8 nitrogen and oxygen atoms in total. The highest BCUT2D eigenvalue weighted by molar-refractivity contribution is 6.03. The average Bonchev–Trinajstić information content (AvgIpc) is 3.27. The van der Waals surface area contributed by atoms with Gasteiger partial charge in [0.1, 0.15) is 18.0 Å². The highest BCUT2D eigenvalue weighted by Gasteiger charge is 2.34. The van der Waals surface area contributed by atoms with Gasteiger partial charge in [0.05, 0.1) is 32.6 Å². The Kier molecular flexibility index (Phi) is 7.83. The van der Waals surface area contributed by atoms with E-state index in [1.165, 1.54) is 16.8 Å². The topological polar surface area (TPSA) is 80.7 Å². The Bertz CT molecular complexity index is 974. The van der Waals surface area contributed by atoms with Gasteiger partial charge in [0, 0.05) is 32.6 Å². The van der Waals surface area contributed by atoms with Crippen molar-refractivity contribution in [3.8, 4) is 11.5 Å². The first-order valence-electron chi connectivity index (χ1n) is 10.4. The third-order valence-electron chi connectivity index (χ3n) is 5.41. The SMILES string of the molecule is COCCN(CC(=O)N1N=C(c2cccc(OC)c2)C[C@H]1c1ccc(OC)cc1)C(C)=O. The first-order valence-corrected chi connectivity index (χ1v) is 10.4. The zero-order valence-electron chi connectivity index (χ0n) is 18.9. The molecular weight excluding hydrogens is 410 g/mol. The van der Waals surface area contributed by atoms with Gasteiger partial charge in [-0.1, -0.05) is 24.3 Å².